The van der Waals surface area contributed by atoms with Gasteiger partial charge < -0.3 is 23.7 Å². The van der Waals surface area contributed by atoms with Crippen LogP contribution in [0.5, 0.6) is 0 Å². The molecule has 0 radical (unpaired) electrons. The van der Waals surface area contributed by atoms with Gasteiger partial charge in [0, 0.05) is 32.1 Å². The molecule has 2 aliphatic carbocycles. The summed E-state index contributed by atoms with van der Waals surface area (Å²) in [6, 6.07) is 0. The Morgan fingerprint density at radius 3 is 1.94 bits per heavy atom. The molecule has 2 bridgehead atoms. The molecule has 0 aromatic rings. The second-order valence-electron chi connectivity index (χ2n) is 10.2. The van der Waals surface area contributed by atoms with Gasteiger partial charge in [0.2, 0.25) is 5.79 Å². The number of halogens is 2. The molecule has 3 aliphatic rings. The predicted octanol–water partition coefficient (Wildman–Crippen LogP) is 2.87. The van der Waals surface area contributed by atoms with E-state index in [-0.39, 0.29) is 32.3 Å². The Labute approximate surface area is 186 Å². The van der Waals surface area contributed by atoms with E-state index in [4.69, 9.17) is 23.7 Å². The summed E-state index contributed by atoms with van der Waals surface area (Å²) in [6.45, 7) is 8.64. The molecule has 0 amide bonds. The number of ether oxygens (including phenoxy) is 5. The molecule has 32 heavy (non-hydrogen) atoms. The minimum atomic E-state index is -3.66. The Morgan fingerprint density at radius 1 is 1.00 bits per heavy atom. The highest BCUT2D eigenvalue weighted by Crippen LogP contribution is 2.72. The van der Waals surface area contributed by atoms with Crippen molar-refractivity contribution in [2.75, 3.05) is 26.4 Å². The van der Waals surface area contributed by atoms with Crippen LogP contribution in [-0.4, -0.2) is 62.1 Å². The molecule has 3 fully saturated rings. The Balaban J connectivity index is 1.91. The van der Waals surface area contributed by atoms with Gasteiger partial charge in [0.25, 0.3) is 0 Å². The summed E-state index contributed by atoms with van der Waals surface area (Å²) in [6.07, 6.45) is 0.342. The second-order valence-corrected chi connectivity index (χ2v) is 10.2. The lowest BCUT2D eigenvalue weighted by Gasteiger charge is -2.54. The average Bonchev–Trinajstić information content (AvgIpc) is 2.99. The van der Waals surface area contributed by atoms with Crippen LogP contribution in [0.25, 0.3) is 0 Å². The average molecular weight is 462 g/mol. The van der Waals surface area contributed by atoms with Gasteiger partial charge in [-0.25, -0.2) is 4.79 Å². The number of hydrogen-bond donors (Lipinski definition) is 0. The van der Waals surface area contributed by atoms with E-state index in [1.165, 1.54) is 13.8 Å². The van der Waals surface area contributed by atoms with Crippen molar-refractivity contribution in [2.24, 2.45) is 22.2 Å². The van der Waals surface area contributed by atoms with Crippen LogP contribution < -0.4 is 0 Å². The van der Waals surface area contributed by atoms with E-state index in [0.717, 1.165) is 0 Å². The van der Waals surface area contributed by atoms with E-state index < -0.39 is 52.0 Å². The van der Waals surface area contributed by atoms with E-state index in [1.54, 1.807) is 0 Å². The summed E-state index contributed by atoms with van der Waals surface area (Å²) in [5, 5.41) is 0. The normalized spacial score (nSPS) is 31.9. The zero-order valence-electron chi connectivity index (χ0n) is 19.4. The monoisotopic (exact) mass is 462 g/mol. The summed E-state index contributed by atoms with van der Waals surface area (Å²) in [4.78, 5) is 34.9. The lowest BCUT2D eigenvalue weighted by Crippen LogP contribution is -2.65. The maximum atomic E-state index is 13.7. The molecular weight excluding hydrogens is 430 g/mol. The fraction of sp³-hybridized carbons (Fsp3) is 0.864. The molecule has 8 nitrogen and oxygen atoms in total. The van der Waals surface area contributed by atoms with Gasteiger partial charge in [0.05, 0.1) is 18.6 Å². The molecule has 10 heteroatoms. The predicted molar refractivity (Wildman–Crippen MR) is 105 cm³/mol. The van der Waals surface area contributed by atoms with Crippen molar-refractivity contribution in [1.82, 2.24) is 0 Å². The lowest BCUT2D eigenvalue weighted by molar-refractivity contribution is -0.382. The van der Waals surface area contributed by atoms with Crippen LogP contribution in [0.15, 0.2) is 0 Å². The molecule has 1 aliphatic heterocycles. The second kappa shape index (κ2) is 7.90. The van der Waals surface area contributed by atoms with Crippen molar-refractivity contribution in [3.05, 3.63) is 0 Å². The molecule has 3 unspecified atom stereocenters. The first kappa shape index (κ1) is 24.8. The van der Waals surface area contributed by atoms with Crippen LogP contribution in [0.3, 0.4) is 0 Å². The lowest BCUT2D eigenvalue weighted by atomic mass is 9.68. The van der Waals surface area contributed by atoms with Gasteiger partial charge in [-0.1, -0.05) is 20.8 Å². The van der Waals surface area contributed by atoms with E-state index in [2.05, 4.69) is 0 Å². The van der Waals surface area contributed by atoms with Crippen molar-refractivity contribution >= 4 is 17.9 Å². The molecule has 2 saturated carbocycles. The maximum absolute atomic E-state index is 13.7. The molecule has 182 valence electrons. The van der Waals surface area contributed by atoms with Crippen molar-refractivity contribution in [2.45, 2.75) is 72.2 Å². The summed E-state index contributed by atoms with van der Waals surface area (Å²) in [5.74, 6) is -8.01. The molecule has 3 rings (SSSR count). The quantitative estimate of drug-likeness (QED) is 0.439. The van der Waals surface area contributed by atoms with Gasteiger partial charge in [0.15, 0.2) is 6.10 Å². The van der Waals surface area contributed by atoms with Crippen LogP contribution in [0.2, 0.25) is 0 Å². The highest BCUT2D eigenvalue weighted by atomic mass is 19.3. The van der Waals surface area contributed by atoms with Crippen LogP contribution in [0.4, 0.5) is 8.78 Å². The van der Waals surface area contributed by atoms with Gasteiger partial charge in [-0.05, 0) is 18.3 Å². The van der Waals surface area contributed by atoms with E-state index in [9.17, 15) is 23.2 Å². The first-order chi connectivity index (χ1) is 14.6. The van der Waals surface area contributed by atoms with E-state index in [0.29, 0.717) is 19.8 Å². The Morgan fingerprint density at radius 2 is 1.50 bits per heavy atom. The molecule has 1 saturated heterocycles. The number of esters is 3. The number of alkyl halides is 2. The molecule has 3 atom stereocenters. The van der Waals surface area contributed by atoms with Crippen LogP contribution in [0, 0.1) is 22.2 Å². The standard InChI is InChI=1S/C22H32F2O8/c1-13(25)28-9-21(10-29-14(2)26)11-30-22(31-12-21)16(32-17(27)20(6,23)24)15-7-8-19(22,5)18(15,3)4/h15-16H,7-12H2,1-6H3. The summed E-state index contributed by atoms with van der Waals surface area (Å²) in [5.41, 5.74) is -2.03. The smallest absolute Gasteiger partial charge is 0.377 e. The zero-order valence-corrected chi connectivity index (χ0v) is 19.4. The Bertz CT molecular complexity index is 761. The minimum absolute atomic E-state index is 0.0392. The Kier molecular flexibility index (Phi) is 6.13. The van der Waals surface area contributed by atoms with Crippen molar-refractivity contribution in [1.29, 1.82) is 0 Å². The SMILES string of the molecule is CC(=O)OCC1(COC(C)=O)COC2(OC1)C(OC(=O)C(C)(F)F)C1CCC2(C)C1(C)C. The highest BCUT2D eigenvalue weighted by molar-refractivity contribution is 5.77. The van der Waals surface area contributed by atoms with Crippen molar-refractivity contribution < 1.29 is 46.8 Å². The van der Waals surface area contributed by atoms with Gasteiger partial charge >= 0.3 is 23.8 Å². The first-order valence-electron chi connectivity index (χ1n) is 10.7. The summed E-state index contributed by atoms with van der Waals surface area (Å²) in [7, 11) is 0. The number of carbonyl (C=O) groups excluding carboxylic acids is 3. The maximum Gasteiger partial charge on any atom is 0.377 e. The molecule has 0 aromatic heterocycles. The largest absolute Gasteiger partial charge is 0.465 e. The molecule has 0 aromatic carbocycles. The highest BCUT2D eigenvalue weighted by Gasteiger charge is 2.78. The molecule has 1 spiro atoms. The molecule has 1 heterocycles. The van der Waals surface area contributed by atoms with Crippen molar-refractivity contribution in [3.63, 3.8) is 0 Å². The van der Waals surface area contributed by atoms with E-state index >= 15 is 0 Å². The molecular formula is C22H32F2O8. The van der Waals surface area contributed by atoms with Gasteiger partial charge in [-0.15, -0.1) is 0 Å². The number of rotatable bonds is 6. The van der Waals surface area contributed by atoms with E-state index in [1.807, 2.05) is 20.8 Å². The topological polar surface area (TPSA) is 97.4 Å². The number of carbonyl (C=O) groups is 3. The third kappa shape index (κ3) is 3.79. The fourth-order valence-electron chi connectivity index (χ4n) is 5.45. The number of hydrogen-bond acceptors (Lipinski definition) is 8. The van der Waals surface area contributed by atoms with Gasteiger partial charge in [-0.3, -0.25) is 9.59 Å². The zero-order chi connectivity index (χ0) is 24.2. The van der Waals surface area contributed by atoms with Gasteiger partial charge in [0.1, 0.15) is 13.2 Å². The van der Waals surface area contributed by atoms with Crippen molar-refractivity contribution in [3.8, 4) is 0 Å². The van der Waals surface area contributed by atoms with Gasteiger partial charge in [-0.2, -0.15) is 8.78 Å². The molecule has 0 N–H and O–H groups in total. The summed E-state index contributed by atoms with van der Waals surface area (Å²) >= 11 is 0. The number of fused-ring (bicyclic) bond motifs is 3. The third-order valence-corrected chi connectivity index (χ3v) is 7.75. The fourth-order valence-corrected chi connectivity index (χ4v) is 5.45. The Hall–Kier alpha value is -1.81. The van der Waals surface area contributed by atoms with Crippen LogP contribution in [0.1, 0.15) is 54.4 Å². The first-order valence-corrected chi connectivity index (χ1v) is 10.7. The van der Waals surface area contributed by atoms with Crippen LogP contribution in [-0.2, 0) is 38.1 Å². The van der Waals surface area contributed by atoms with Crippen LogP contribution >= 0.6 is 0 Å². The third-order valence-electron chi connectivity index (χ3n) is 7.75. The minimum Gasteiger partial charge on any atom is -0.465 e. The summed E-state index contributed by atoms with van der Waals surface area (Å²) < 4.78 is 55.6.